The smallest absolute Gasteiger partial charge is 0.239 e. The number of piperidine rings is 1. The number of rotatable bonds is 4. The van der Waals surface area contributed by atoms with E-state index < -0.39 is 6.04 Å². The van der Waals surface area contributed by atoms with Gasteiger partial charge < -0.3 is 15.5 Å². The van der Waals surface area contributed by atoms with E-state index in [0.29, 0.717) is 25.7 Å². The van der Waals surface area contributed by atoms with Gasteiger partial charge in [0.2, 0.25) is 11.8 Å². The van der Waals surface area contributed by atoms with Crippen molar-refractivity contribution in [3.8, 4) is 0 Å². The van der Waals surface area contributed by atoms with Gasteiger partial charge in [-0.3, -0.25) is 14.5 Å². The van der Waals surface area contributed by atoms with Gasteiger partial charge in [-0.2, -0.15) is 0 Å². The van der Waals surface area contributed by atoms with Crippen LogP contribution < -0.4 is 5.73 Å². The van der Waals surface area contributed by atoms with Crippen LogP contribution in [0.15, 0.2) is 0 Å². The maximum absolute atomic E-state index is 12.5. The van der Waals surface area contributed by atoms with Crippen molar-refractivity contribution in [3.63, 3.8) is 0 Å². The highest BCUT2D eigenvalue weighted by Crippen LogP contribution is 2.17. The van der Waals surface area contributed by atoms with Crippen molar-refractivity contribution in [1.29, 1.82) is 0 Å². The minimum Gasteiger partial charge on any atom is -0.339 e. The molecule has 0 aromatic heterocycles. The molecule has 2 rings (SSSR count). The van der Waals surface area contributed by atoms with Gasteiger partial charge in [0, 0.05) is 38.8 Å². The van der Waals surface area contributed by atoms with E-state index >= 15 is 0 Å². The zero-order chi connectivity index (χ0) is 17.0. The molecule has 2 aliphatic rings. The monoisotopic (exact) mass is 324 g/mol. The average Bonchev–Trinajstić information content (AvgIpc) is 2.54. The third-order valence-electron chi connectivity index (χ3n) is 5.17. The normalized spacial score (nSPS) is 24.8. The standard InChI is InChI=1S/C17H32N4O2/c1-13(2)16(18)17(23)20-10-8-19(9-11-20)12-15(22)21-7-5-4-6-14(21)3/h13-14,16H,4-12,18H2,1-3H3/t14?,16-/m0/s1. The second kappa shape index (κ2) is 8.11. The van der Waals surface area contributed by atoms with Crippen molar-refractivity contribution in [3.05, 3.63) is 0 Å². The SMILES string of the molecule is CC(C)[C@H](N)C(=O)N1CCN(CC(=O)N2CCCCC2C)CC1. The van der Waals surface area contributed by atoms with E-state index in [9.17, 15) is 9.59 Å². The van der Waals surface area contributed by atoms with E-state index in [1.165, 1.54) is 6.42 Å². The van der Waals surface area contributed by atoms with Gasteiger partial charge in [0.25, 0.3) is 0 Å². The fourth-order valence-electron chi connectivity index (χ4n) is 3.37. The van der Waals surface area contributed by atoms with E-state index in [4.69, 9.17) is 5.73 Å². The van der Waals surface area contributed by atoms with Crippen LogP contribution in [0, 0.1) is 5.92 Å². The minimum atomic E-state index is -0.419. The molecule has 0 aromatic rings. The van der Waals surface area contributed by atoms with E-state index in [1.54, 1.807) is 0 Å². The number of amides is 2. The van der Waals surface area contributed by atoms with Crippen LogP contribution in [0.4, 0.5) is 0 Å². The Hall–Kier alpha value is -1.14. The molecule has 0 radical (unpaired) electrons. The highest BCUT2D eigenvalue weighted by atomic mass is 16.2. The van der Waals surface area contributed by atoms with Crippen molar-refractivity contribution in [1.82, 2.24) is 14.7 Å². The minimum absolute atomic E-state index is 0.0376. The second-order valence-electron chi connectivity index (χ2n) is 7.30. The van der Waals surface area contributed by atoms with Crippen LogP contribution >= 0.6 is 0 Å². The lowest BCUT2D eigenvalue weighted by Gasteiger charge is -2.38. The Morgan fingerprint density at radius 2 is 1.74 bits per heavy atom. The van der Waals surface area contributed by atoms with Crippen LogP contribution in [0.2, 0.25) is 0 Å². The first kappa shape index (κ1) is 18.2. The maximum Gasteiger partial charge on any atom is 0.239 e. The average molecular weight is 324 g/mol. The fourth-order valence-corrected chi connectivity index (χ4v) is 3.37. The molecular weight excluding hydrogens is 292 g/mol. The molecule has 23 heavy (non-hydrogen) atoms. The summed E-state index contributed by atoms with van der Waals surface area (Å²) < 4.78 is 0. The number of carbonyl (C=O) groups is 2. The predicted molar refractivity (Wildman–Crippen MR) is 90.9 cm³/mol. The number of nitrogens with two attached hydrogens (primary N) is 1. The van der Waals surface area contributed by atoms with Gasteiger partial charge in [-0.25, -0.2) is 0 Å². The zero-order valence-corrected chi connectivity index (χ0v) is 14.8. The second-order valence-corrected chi connectivity index (χ2v) is 7.30. The molecule has 6 nitrogen and oxygen atoms in total. The third kappa shape index (κ3) is 4.67. The van der Waals surface area contributed by atoms with E-state index in [0.717, 1.165) is 32.5 Å². The van der Waals surface area contributed by atoms with Crippen molar-refractivity contribution < 1.29 is 9.59 Å². The quantitative estimate of drug-likeness (QED) is 0.818. The van der Waals surface area contributed by atoms with Gasteiger partial charge in [0.15, 0.2) is 0 Å². The van der Waals surface area contributed by atoms with E-state index in [1.807, 2.05) is 23.6 Å². The maximum atomic E-state index is 12.5. The molecule has 0 aromatic carbocycles. The third-order valence-corrected chi connectivity index (χ3v) is 5.17. The van der Waals surface area contributed by atoms with Crippen LogP contribution in [-0.4, -0.2) is 77.9 Å². The summed E-state index contributed by atoms with van der Waals surface area (Å²) in [4.78, 5) is 30.8. The number of hydrogen-bond acceptors (Lipinski definition) is 4. The molecule has 0 bridgehead atoms. The molecule has 132 valence electrons. The number of piperazine rings is 1. The summed E-state index contributed by atoms with van der Waals surface area (Å²) in [5, 5.41) is 0. The molecule has 1 unspecified atom stereocenters. The summed E-state index contributed by atoms with van der Waals surface area (Å²) in [5.74, 6) is 0.425. The van der Waals surface area contributed by atoms with Crippen molar-refractivity contribution >= 4 is 11.8 Å². The van der Waals surface area contributed by atoms with Gasteiger partial charge in [-0.1, -0.05) is 13.8 Å². The molecule has 2 N–H and O–H groups in total. The molecule has 2 fully saturated rings. The Balaban J connectivity index is 1.78. The summed E-state index contributed by atoms with van der Waals surface area (Å²) in [6.45, 7) is 10.3. The molecule has 0 saturated carbocycles. The summed E-state index contributed by atoms with van der Waals surface area (Å²) in [6.07, 6.45) is 3.45. The van der Waals surface area contributed by atoms with Gasteiger partial charge >= 0.3 is 0 Å². The summed E-state index contributed by atoms with van der Waals surface area (Å²) in [7, 11) is 0. The molecule has 6 heteroatoms. The molecule has 2 amide bonds. The summed E-state index contributed by atoms with van der Waals surface area (Å²) in [5.41, 5.74) is 5.95. The molecule has 2 saturated heterocycles. The van der Waals surface area contributed by atoms with Gasteiger partial charge in [0.05, 0.1) is 12.6 Å². The first-order valence-corrected chi connectivity index (χ1v) is 8.96. The lowest BCUT2D eigenvalue weighted by atomic mass is 10.0. The lowest BCUT2D eigenvalue weighted by molar-refractivity contribution is -0.138. The van der Waals surface area contributed by atoms with Gasteiger partial charge in [-0.15, -0.1) is 0 Å². The first-order chi connectivity index (χ1) is 10.9. The Kier molecular flexibility index (Phi) is 6.41. The number of hydrogen-bond donors (Lipinski definition) is 1. The van der Waals surface area contributed by atoms with Crippen LogP contribution in [0.3, 0.4) is 0 Å². The van der Waals surface area contributed by atoms with Gasteiger partial charge in [0.1, 0.15) is 0 Å². The highest BCUT2D eigenvalue weighted by Gasteiger charge is 2.29. The zero-order valence-electron chi connectivity index (χ0n) is 14.8. The van der Waals surface area contributed by atoms with Crippen LogP contribution in [0.25, 0.3) is 0 Å². The molecule has 2 atom stereocenters. The largest absolute Gasteiger partial charge is 0.339 e. The number of likely N-dealkylation sites (tertiary alicyclic amines) is 1. The highest BCUT2D eigenvalue weighted by molar-refractivity contribution is 5.82. The summed E-state index contributed by atoms with van der Waals surface area (Å²) >= 11 is 0. The predicted octanol–water partition coefficient (Wildman–Crippen LogP) is 0.515. The van der Waals surface area contributed by atoms with Crippen LogP contribution in [0.5, 0.6) is 0 Å². The summed E-state index contributed by atoms with van der Waals surface area (Å²) in [6, 6.07) is -0.0551. The Morgan fingerprint density at radius 1 is 1.09 bits per heavy atom. The van der Waals surface area contributed by atoms with Gasteiger partial charge in [-0.05, 0) is 32.1 Å². The first-order valence-electron chi connectivity index (χ1n) is 8.96. The van der Waals surface area contributed by atoms with Crippen molar-refractivity contribution in [2.75, 3.05) is 39.3 Å². The Morgan fingerprint density at radius 3 is 2.30 bits per heavy atom. The molecule has 2 heterocycles. The fraction of sp³-hybridized carbons (Fsp3) is 0.882. The van der Waals surface area contributed by atoms with Crippen LogP contribution in [-0.2, 0) is 9.59 Å². The molecular formula is C17H32N4O2. The molecule has 0 spiro atoms. The molecule has 2 aliphatic heterocycles. The van der Waals surface area contributed by atoms with Crippen molar-refractivity contribution in [2.24, 2.45) is 11.7 Å². The lowest BCUT2D eigenvalue weighted by Crippen LogP contribution is -2.56. The van der Waals surface area contributed by atoms with E-state index in [2.05, 4.69) is 11.8 Å². The Labute approximate surface area is 140 Å². The van der Waals surface area contributed by atoms with E-state index in [-0.39, 0.29) is 17.7 Å². The van der Waals surface area contributed by atoms with Crippen LogP contribution in [0.1, 0.15) is 40.0 Å². The number of nitrogens with zero attached hydrogens (tertiary/aromatic N) is 3. The topological polar surface area (TPSA) is 69.9 Å². The number of carbonyl (C=O) groups excluding carboxylic acids is 2. The Bertz CT molecular complexity index is 419. The van der Waals surface area contributed by atoms with Crippen molar-refractivity contribution in [2.45, 2.75) is 52.1 Å². The molecule has 0 aliphatic carbocycles.